The van der Waals surface area contributed by atoms with Crippen molar-refractivity contribution >= 4 is 0 Å². The van der Waals surface area contributed by atoms with Gasteiger partial charge in [-0.2, -0.15) is 0 Å². The van der Waals surface area contributed by atoms with E-state index < -0.39 is 0 Å². The number of pyridine rings is 1. The number of ether oxygens (including phenoxy) is 1. The lowest BCUT2D eigenvalue weighted by Crippen LogP contribution is -2.35. The SMILES string of the molecule is CCOCCCn1cc(O)c(=O)cc1CN1CCCC(C)C1. The summed E-state index contributed by atoms with van der Waals surface area (Å²) in [7, 11) is 0. The fraction of sp³-hybridized carbons (Fsp3) is 0.706. The monoisotopic (exact) mass is 308 g/mol. The Morgan fingerprint density at radius 2 is 2.27 bits per heavy atom. The average molecular weight is 308 g/mol. The second kappa shape index (κ2) is 8.34. The number of nitrogens with zero attached hydrogens (tertiary/aromatic N) is 2. The molecule has 1 aliphatic heterocycles. The second-order valence-corrected chi connectivity index (χ2v) is 6.24. The van der Waals surface area contributed by atoms with Crippen molar-refractivity contribution < 1.29 is 9.84 Å². The maximum Gasteiger partial charge on any atom is 0.223 e. The molecule has 124 valence electrons. The molecule has 0 bridgehead atoms. The molecule has 1 aliphatic rings. The van der Waals surface area contributed by atoms with Crippen LogP contribution in [0.25, 0.3) is 0 Å². The van der Waals surface area contributed by atoms with Gasteiger partial charge < -0.3 is 14.4 Å². The van der Waals surface area contributed by atoms with E-state index in [0.717, 1.165) is 38.3 Å². The van der Waals surface area contributed by atoms with Crippen molar-refractivity contribution in [3.8, 4) is 5.75 Å². The van der Waals surface area contributed by atoms with E-state index in [-0.39, 0.29) is 11.2 Å². The van der Waals surface area contributed by atoms with Crippen LogP contribution in [-0.2, 0) is 17.8 Å². The summed E-state index contributed by atoms with van der Waals surface area (Å²) in [5.41, 5.74) is 0.689. The van der Waals surface area contributed by atoms with Crippen molar-refractivity contribution in [1.82, 2.24) is 9.47 Å². The Morgan fingerprint density at radius 1 is 1.45 bits per heavy atom. The van der Waals surface area contributed by atoms with Gasteiger partial charge in [0.15, 0.2) is 5.75 Å². The highest BCUT2D eigenvalue weighted by Gasteiger charge is 2.18. The first-order chi connectivity index (χ1) is 10.6. The van der Waals surface area contributed by atoms with Gasteiger partial charge in [-0.25, -0.2) is 0 Å². The summed E-state index contributed by atoms with van der Waals surface area (Å²) in [6.07, 6.45) is 4.94. The predicted octanol–water partition coefficient (Wildman–Crippen LogP) is 2.21. The molecule has 2 rings (SSSR count). The Hall–Kier alpha value is -1.33. The van der Waals surface area contributed by atoms with Gasteiger partial charge in [-0.15, -0.1) is 0 Å². The van der Waals surface area contributed by atoms with Crippen LogP contribution in [0.4, 0.5) is 0 Å². The molecule has 1 fully saturated rings. The molecule has 0 aromatic carbocycles. The molecule has 1 atom stereocenters. The van der Waals surface area contributed by atoms with E-state index in [0.29, 0.717) is 19.1 Å². The number of hydrogen-bond donors (Lipinski definition) is 1. The van der Waals surface area contributed by atoms with Crippen molar-refractivity contribution in [3.63, 3.8) is 0 Å². The van der Waals surface area contributed by atoms with E-state index in [1.54, 1.807) is 12.3 Å². The summed E-state index contributed by atoms with van der Waals surface area (Å²) in [5.74, 6) is 0.538. The van der Waals surface area contributed by atoms with Crippen LogP contribution in [0.5, 0.6) is 5.75 Å². The van der Waals surface area contributed by atoms with Gasteiger partial charge in [0, 0.05) is 44.6 Å². The summed E-state index contributed by atoms with van der Waals surface area (Å²) in [6.45, 7) is 9.36. The van der Waals surface area contributed by atoms with Crippen LogP contribution < -0.4 is 5.43 Å². The maximum absolute atomic E-state index is 11.8. The Balaban J connectivity index is 2.06. The van der Waals surface area contributed by atoms with E-state index in [9.17, 15) is 9.90 Å². The second-order valence-electron chi connectivity index (χ2n) is 6.24. The molecule has 5 heteroatoms. The molecule has 0 spiro atoms. The van der Waals surface area contributed by atoms with Crippen molar-refractivity contribution in [2.45, 2.75) is 46.2 Å². The number of hydrogen-bond acceptors (Lipinski definition) is 4. The largest absolute Gasteiger partial charge is 0.503 e. The van der Waals surface area contributed by atoms with Crippen LogP contribution in [0.3, 0.4) is 0 Å². The highest BCUT2D eigenvalue weighted by Crippen LogP contribution is 2.18. The van der Waals surface area contributed by atoms with E-state index in [1.807, 2.05) is 11.5 Å². The van der Waals surface area contributed by atoms with Gasteiger partial charge in [0.05, 0.1) is 6.20 Å². The fourth-order valence-electron chi connectivity index (χ4n) is 3.09. The number of aryl methyl sites for hydroxylation is 1. The molecule has 1 saturated heterocycles. The Bertz CT molecular complexity index is 527. The first-order valence-electron chi connectivity index (χ1n) is 8.32. The Labute approximate surface area is 132 Å². The minimum absolute atomic E-state index is 0.174. The maximum atomic E-state index is 11.8. The lowest BCUT2D eigenvalue weighted by Gasteiger charge is -2.31. The third kappa shape index (κ3) is 4.85. The molecular formula is C17H28N2O3. The van der Waals surface area contributed by atoms with E-state index in [4.69, 9.17) is 4.74 Å². The number of likely N-dealkylation sites (tertiary alicyclic amines) is 1. The molecule has 1 unspecified atom stereocenters. The van der Waals surface area contributed by atoms with Crippen molar-refractivity contribution in [1.29, 1.82) is 0 Å². The van der Waals surface area contributed by atoms with Crippen LogP contribution >= 0.6 is 0 Å². The number of piperidine rings is 1. The molecule has 1 aromatic heterocycles. The van der Waals surface area contributed by atoms with Gasteiger partial charge in [0.2, 0.25) is 5.43 Å². The first-order valence-corrected chi connectivity index (χ1v) is 8.32. The highest BCUT2D eigenvalue weighted by molar-refractivity contribution is 5.20. The molecule has 1 aromatic rings. The van der Waals surface area contributed by atoms with E-state index in [2.05, 4.69) is 11.8 Å². The smallest absolute Gasteiger partial charge is 0.223 e. The molecule has 22 heavy (non-hydrogen) atoms. The van der Waals surface area contributed by atoms with Gasteiger partial charge in [0.1, 0.15) is 0 Å². The minimum atomic E-state index is -0.291. The molecule has 1 N–H and O–H groups in total. The molecule has 0 aliphatic carbocycles. The van der Waals surface area contributed by atoms with Gasteiger partial charge in [-0.05, 0) is 38.6 Å². The molecule has 5 nitrogen and oxygen atoms in total. The van der Waals surface area contributed by atoms with Crippen LogP contribution in [0.2, 0.25) is 0 Å². The van der Waals surface area contributed by atoms with Crippen LogP contribution in [0.15, 0.2) is 17.1 Å². The standard InChI is InChI=1S/C17H28N2O3/c1-3-22-9-5-8-19-13-17(21)16(20)10-15(19)12-18-7-4-6-14(2)11-18/h10,13-14,21H,3-9,11-12H2,1-2H3. The summed E-state index contributed by atoms with van der Waals surface area (Å²) in [5, 5.41) is 9.70. The average Bonchev–Trinajstić information content (AvgIpc) is 2.48. The van der Waals surface area contributed by atoms with Crippen LogP contribution in [0, 0.1) is 5.92 Å². The summed E-state index contributed by atoms with van der Waals surface area (Å²) < 4.78 is 7.36. The molecule has 0 radical (unpaired) electrons. The van der Waals surface area contributed by atoms with Crippen LogP contribution in [-0.4, -0.2) is 40.9 Å². The normalized spacial score (nSPS) is 19.5. The lowest BCUT2D eigenvalue weighted by molar-refractivity contribution is 0.140. The zero-order valence-electron chi connectivity index (χ0n) is 13.8. The Kier molecular flexibility index (Phi) is 6.46. The van der Waals surface area contributed by atoms with Crippen molar-refractivity contribution in [2.24, 2.45) is 5.92 Å². The summed E-state index contributed by atoms with van der Waals surface area (Å²) in [6, 6.07) is 1.58. The Morgan fingerprint density at radius 3 is 3.00 bits per heavy atom. The quantitative estimate of drug-likeness (QED) is 0.785. The number of aromatic hydroxyl groups is 1. The molecule has 0 saturated carbocycles. The van der Waals surface area contributed by atoms with E-state index >= 15 is 0 Å². The van der Waals surface area contributed by atoms with Gasteiger partial charge >= 0.3 is 0 Å². The molecule has 2 heterocycles. The minimum Gasteiger partial charge on any atom is -0.503 e. The van der Waals surface area contributed by atoms with Crippen molar-refractivity contribution in [3.05, 3.63) is 28.2 Å². The number of rotatable bonds is 7. The molecule has 0 amide bonds. The molecular weight excluding hydrogens is 280 g/mol. The predicted molar refractivity (Wildman–Crippen MR) is 87.2 cm³/mol. The third-order valence-electron chi connectivity index (χ3n) is 4.22. The number of aromatic nitrogens is 1. The van der Waals surface area contributed by atoms with Gasteiger partial charge in [-0.1, -0.05) is 6.92 Å². The topological polar surface area (TPSA) is 54.7 Å². The van der Waals surface area contributed by atoms with E-state index in [1.165, 1.54) is 12.8 Å². The first kappa shape index (κ1) is 17.0. The van der Waals surface area contributed by atoms with Gasteiger partial charge in [0.25, 0.3) is 0 Å². The lowest BCUT2D eigenvalue weighted by atomic mass is 10.0. The fourth-order valence-corrected chi connectivity index (χ4v) is 3.09. The van der Waals surface area contributed by atoms with Crippen LogP contribution in [0.1, 0.15) is 38.8 Å². The third-order valence-corrected chi connectivity index (χ3v) is 4.22. The summed E-state index contributed by atoms with van der Waals surface area (Å²) >= 11 is 0. The zero-order chi connectivity index (χ0) is 15.9. The highest BCUT2D eigenvalue weighted by atomic mass is 16.5. The van der Waals surface area contributed by atoms with Gasteiger partial charge in [-0.3, -0.25) is 9.69 Å². The summed E-state index contributed by atoms with van der Waals surface area (Å²) in [4.78, 5) is 14.2. The van der Waals surface area contributed by atoms with Crippen molar-refractivity contribution in [2.75, 3.05) is 26.3 Å². The zero-order valence-corrected chi connectivity index (χ0v) is 13.8.